The van der Waals surface area contributed by atoms with Crippen molar-refractivity contribution in [1.29, 1.82) is 0 Å². The predicted molar refractivity (Wildman–Crippen MR) is 41.1 cm³/mol. The normalized spacial score (nSPS) is 23.2. The fourth-order valence-electron chi connectivity index (χ4n) is 1.57. The highest BCUT2D eigenvalue weighted by molar-refractivity contribution is 4.97. The van der Waals surface area contributed by atoms with Gasteiger partial charge in [-0.2, -0.15) is 0 Å². The van der Waals surface area contributed by atoms with E-state index in [1.807, 2.05) is 12.4 Å². The largest absolute Gasteiger partial charge is 0.396 e. The fraction of sp³-hybridized carbons (Fsp3) is 0.625. The van der Waals surface area contributed by atoms with E-state index in [1.165, 1.54) is 0 Å². The maximum Gasteiger partial charge on any atom is 0.108 e. The van der Waals surface area contributed by atoms with Crippen LogP contribution in [-0.4, -0.2) is 21.3 Å². The lowest BCUT2D eigenvalue weighted by Crippen LogP contribution is -2.21. The van der Waals surface area contributed by atoms with Crippen molar-refractivity contribution < 1.29 is 5.11 Å². The highest BCUT2D eigenvalue weighted by Crippen LogP contribution is 2.17. The maximum atomic E-state index is 8.92. The molecule has 0 unspecified atom stereocenters. The first-order valence-electron chi connectivity index (χ1n) is 4.01. The number of fused-ring (bicyclic) bond motifs is 1. The van der Waals surface area contributed by atoms with Crippen LogP contribution in [-0.2, 0) is 13.0 Å². The highest BCUT2D eigenvalue weighted by atomic mass is 16.3. The lowest BCUT2D eigenvalue weighted by molar-refractivity contribution is 0.199. The lowest BCUT2D eigenvalue weighted by atomic mass is 9.99. The molecule has 0 spiro atoms. The second-order valence-electron chi connectivity index (χ2n) is 3.08. The van der Waals surface area contributed by atoms with Crippen molar-refractivity contribution in [3.63, 3.8) is 0 Å². The topological polar surface area (TPSA) is 38.0 Å². The van der Waals surface area contributed by atoms with Crippen LogP contribution in [0.1, 0.15) is 12.2 Å². The molecule has 3 nitrogen and oxygen atoms in total. The molecule has 1 N–H and O–H groups in total. The van der Waals surface area contributed by atoms with Crippen LogP contribution >= 0.6 is 0 Å². The Bertz CT molecular complexity index is 244. The van der Waals surface area contributed by atoms with Crippen molar-refractivity contribution in [3.05, 3.63) is 18.2 Å². The average Bonchev–Trinajstić information content (AvgIpc) is 2.50. The number of aliphatic hydroxyl groups is 1. The van der Waals surface area contributed by atoms with Gasteiger partial charge in [0.25, 0.3) is 0 Å². The molecule has 2 rings (SSSR count). The molecule has 0 aromatic carbocycles. The molecular formula is C8H12N2O. The molecule has 60 valence electrons. The summed E-state index contributed by atoms with van der Waals surface area (Å²) in [6.45, 7) is 1.31. The fourth-order valence-corrected chi connectivity index (χ4v) is 1.57. The standard InChI is InChI=1S/C8H12N2O/c11-6-7-1-3-10-4-2-9-8(10)5-7/h2,4,7,11H,1,3,5-6H2/t7-/m1/s1. The smallest absolute Gasteiger partial charge is 0.108 e. The van der Waals surface area contributed by atoms with Crippen molar-refractivity contribution in [2.75, 3.05) is 6.61 Å². The second-order valence-corrected chi connectivity index (χ2v) is 3.08. The number of hydrogen-bond donors (Lipinski definition) is 1. The van der Waals surface area contributed by atoms with Crippen LogP contribution in [0.4, 0.5) is 0 Å². The summed E-state index contributed by atoms with van der Waals surface area (Å²) in [6, 6.07) is 0. The Labute approximate surface area is 65.7 Å². The Morgan fingerprint density at radius 1 is 1.73 bits per heavy atom. The van der Waals surface area contributed by atoms with Gasteiger partial charge in [-0.15, -0.1) is 0 Å². The van der Waals surface area contributed by atoms with Crippen molar-refractivity contribution in [2.45, 2.75) is 19.4 Å². The first kappa shape index (κ1) is 6.85. The first-order chi connectivity index (χ1) is 5.40. The predicted octanol–water partition coefficient (Wildman–Crippen LogP) is 0.438. The highest BCUT2D eigenvalue weighted by Gasteiger charge is 2.17. The zero-order chi connectivity index (χ0) is 7.68. The van der Waals surface area contributed by atoms with Crippen LogP contribution in [0.15, 0.2) is 12.4 Å². The summed E-state index contributed by atoms with van der Waals surface area (Å²) in [7, 11) is 0. The van der Waals surface area contributed by atoms with Gasteiger partial charge in [-0.05, 0) is 12.3 Å². The molecule has 2 heterocycles. The molecule has 11 heavy (non-hydrogen) atoms. The summed E-state index contributed by atoms with van der Waals surface area (Å²) in [5, 5.41) is 8.92. The van der Waals surface area contributed by atoms with Gasteiger partial charge in [-0.25, -0.2) is 4.98 Å². The maximum absolute atomic E-state index is 8.92. The van der Waals surface area contributed by atoms with Gasteiger partial charge in [0.1, 0.15) is 5.82 Å². The number of rotatable bonds is 1. The Morgan fingerprint density at radius 2 is 2.64 bits per heavy atom. The van der Waals surface area contributed by atoms with Crippen LogP contribution in [0.2, 0.25) is 0 Å². The molecule has 3 heteroatoms. The molecule has 0 saturated heterocycles. The van der Waals surface area contributed by atoms with Crippen molar-refractivity contribution >= 4 is 0 Å². The van der Waals surface area contributed by atoms with E-state index in [9.17, 15) is 0 Å². The van der Waals surface area contributed by atoms with Gasteiger partial charge >= 0.3 is 0 Å². The molecule has 1 aromatic rings. The number of aromatic nitrogens is 2. The van der Waals surface area contributed by atoms with Crippen molar-refractivity contribution in [1.82, 2.24) is 9.55 Å². The van der Waals surface area contributed by atoms with Gasteiger partial charge in [0, 0.05) is 32.0 Å². The van der Waals surface area contributed by atoms with Gasteiger partial charge in [0.05, 0.1) is 0 Å². The third-order valence-electron chi connectivity index (χ3n) is 2.31. The summed E-state index contributed by atoms with van der Waals surface area (Å²) in [4.78, 5) is 4.21. The number of aliphatic hydroxyl groups excluding tert-OH is 1. The molecule has 1 aliphatic rings. The van der Waals surface area contributed by atoms with Crippen molar-refractivity contribution in [2.24, 2.45) is 5.92 Å². The summed E-state index contributed by atoms with van der Waals surface area (Å²) >= 11 is 0. The molecule has 1 aliphatic heterocycles. The molecule has 0 bridgehead atoms. The Balaban J connectivity index is 2.18. The zero-order valence-electron chi connectivity index (χ0n) is 6.40. The molecular weight excluding hydrogens is 140 g/mol. The van der Waals surface area contributed by atoms with Crippen LogP contribution in [0.5, 0.6) is 0 Å². The molecule has 1 atom stereocenters. The van der Waals surface area contributed by atoms with E-state index < -0.39 is 0 Å². The summed E-state index contributed by atoms with van der Waals surface area (Å²) in [6.07, 6.45) is 5.85. The van der Waals surface area contributed by atoms with Crippen LogP contribution in [0, 0.1) is 5.92 Å². The van der Waals surface area contributed by atoms with E-state index in [1.54, 1.807) is 0 Å². The monoisotopic (exact) mass is 152 g/mol. The van der Waals surface area contributed by atoms with E-state index in [2.05, 4.69) is 9.55 Å². The minimum absolute atomic E-state index is 0.298. The molecule has 0 fully saturated rings. The van der Waals surface area contributed by atoms with Gasteiger partial charge in [-0.3, -0.25) is 0 Å². The van der Waals surface area contributed by atoms with Crippen LogP contribution < -0.4 is 0 Å². The molecule has 1 aromatic heterocycles. The minimum Gasteiger partial charge on any atom is -0.396 e. The number of hydrogen-bond acceptors (Lipinski definition) is 2. The SMILES string of the molecule is OC[C@@H]1CCn2ccnc2C1. The molecule has 0 aliphatic carbocycles. The van der Waals surface area contributed by atoms with Gasteiger partial charge in [-0.1, -0.05) is 0 Å². The summed E-state index contributed by atoms with van der Waals surface area (Å²) in [5.41, 5.74) is 0. The van der Waals surface area contributed by atoms with Gasteiger partial charge in [0.15, 0.2) is 0 Å². The van der Waals surface area contributed by atoms with E-state index >= 15 is 0 Å². The average molecular weight is 152 g/mol. The summed E-state index contributed by atoms with van der Waals surface area (Å²) in [5.74, 6) is 1.56. The van der Waals surface area contributed by atoms with E-state index in [0.717, 1.165) is 25.2 Å². The molecule has 0 saturated carbocycles. The second kappa shape index (κ2) is 2.66. The Morgan fingerprint density at radius 3 is 3.45 bits per heavy atom. The van der Waals surface area contributed by atoms with Crippen LogP contribution in [0.3, 0.4) is 0 Å². The first-order valence-corrected chi connectivity index (χ1v) is 4.01. The van der Waals surface area contributed by atoms with Gasteiger partial charge < -0.3 is 9.67 Å². The third-order valence-corrected chi connectivity index (χ3v) is 2.31. The molecule has 0 amide bonds. The zero-order valence-corrected chi connectivity index (χ0v) is 6.40. The minimum atomic E-state index is 0.298. The lowest BCUT2D eigenvalue weighted by Gasteiger charge is -2.20. The van der Waals surface area contributed by atoms with E-state index in [4.69, 9.17) is 5.11 Å². The van der Waals surface area contributed by atoms with E-state index in [-0.39, 0.29) is 0 Å². The molecule has 0 radical (unpaired) electrons. The number of nitrogens with zero attached hydrogens (tertiary/aromatic N) is 2. The summed E-state index contributed by atoms with van der Waals surface area (Å²) < 4.78 is 2.16. The third kappa shape index (κ3) is 1.16. The van der Waals surface area contributed by atoms with Crippen LogP contribution in [0.25, 0.3) is 0 Å². The number of aryl methyl sites for hydroxylation is 1. The Hall–Kier alpha value is -0.830. The quantitative estimate of drug-likeness (QED) is 0.634. The van der Waals surface area contributed by atoms with Crippen molar-refractivity contribution in [3.8, 4) is 0 Å². The Kier molecular flexibility index (Phi) is 1.66. The number of imidazole rings is 1. The van der Waals surface area contributed by atoms with Gasteiger partial charge in [0.2, 0.25) is 0 Å². The van der Waals surface area contributed by atoms with E-state index in [0.29, 0.717) is 12.5 Å².